The number of hydrogen-bond donors (Lipinski definition) is 0. The SMILES string of the molecule is CC(=O)N(c1cccc(C)c1)c1nc(COC(=O)c2oc3c(Cl)cccc3c2C)cs1. The Morgan fingerprint density at radius 2 is 1.97 bits per heavy atom. The van der Waals surface area contributed by atoms with Crippen molar-refractivity contribution in [2.24, 2.45) is 0 Å². The van der Waals surface area contributed by atoms with Crippen molar-refractivity contribution in [1.29, 1.82) is 0 Å². The van der Waals surface area contributed by atoms with Crippen LogP contribution < -0.4 is 4.90 Å². The fourth-order valence-corrected chi connectivity index (χ4v) is 4.35. The largest absolute Gasteiger partial charge is 0.453 e. The maximum Gasteiger partial charge on any atom is 0.374 e. The highest BCUT2D eigenvalue weighted by molar-refractivity contribution is 7.14. The Kier molecular flexibility index (Phi) is 5.80. The summed E-state index contributed by atoms with van der Waals surface area (Å²) in [6.45, 7) is 5.19. The number of amides is 1. The Morgan fingerprint density at radius 3 is 2.68 bits per heavy atom. The molecule has 0 aliphatic carbocycles. The summed E-state index contributed by atoms with van der Waals surface area (Å²) >= 11 is 7.46. The Balaban J connectivity index is 1.52. The monoisotopic (exact) mass is 454 g/mol. The van der Waals surface area contributed by atoms with Crippen LogP contribution in [-0.2, 0) is 16.1 Å². The molecule has 2 aromatic heterocycles. The molecule has 2 heterocycles. The van der Waals surface area contributed by atoms with Crippen LogP contribution in [0.4, 0.5) is 10.8 Å². The predicted octanol–water partition coefficient (Wildman–Crippen LogP) is 6.20. The number of carbonyl (C=O) groups is 2. The Hall–Kier alpha value is -3.16. The molecular formula is C23H19ClN2O4S. The van der Waals surface area contributed by atoms with Crippen molar-refractivity contribution in [2.75, 3.05) is 4.90 Å². The number of rotatable bonds is 5. The molecule has 0 spiro atoms. The molecule has 4 aromatic rings. The van der Waals surface area contributed by atoms with Crippen LogP contribution in [0.1, 0.15) is 34.3 Å². The zero-order valence-corrected chi connectivity index (χ0v) is 18.7. The molecule has 6 nitrogen and oxygen atoms in total. The summed E-state index contributed by atoms with van der Waals surface area (Å²) in [5.41, 5.74) is 3.44. The average molecular weight is 455 g/mol. The lowest BCUT2D eigenvalue weighted by atomic mass is 10.1. The van der Waals surface area contributed by atoms with Crippen LogP contribution in [0, 0.1) is 13.8 Å². The molecule has 2 aromatic carbocycles. The van der Waals surface area contributed by atoms with Gasteiger partial charge in [-0.2, -0.15) is 0 Å². The third-order valence-corrected chi connectivity index (χ3v) is 5.93. The van der Waals surface area contributed by atoms with Gasteiger partial charge in [0.15, 0.2) is 10.7 Å². The van der Waals surface area contributed by atoms with E-state index in [2.05, 4.69) is 4.98 Å². The van der Waals surface area contributed by atoms with E-state index < -0.39 is 5.97 Å². The van der Waals surface area contributed by atoms with Crippen LogP contribution in [0.2, 0.25) is 5.02 Å². The van der Waals surface area contributed by atoms with Gasteiger partial charge in [-0.1, -0.05) is 35.9 Å². The first kappa shape index (κ1) is 21.1. The van der Waals surface area contributed by atoms with Gasteiger partial charge >= 0.3 is 5.97 Å². The van der Waals surface area contributed by atoms with Gasteiger partial charge in [0.1, 0.15) is 6.61 Å². The molecule has 8 heteroatoms. The van der Waals surface area contributed by atoms with Crippen molar-refractivity contribution in [3.63, 3.8) is 0 Å². The zero-order chi connectivity index (χ0) is 22.1. The van der Waals surface area contributed by atoms with Crippen molar-refractivity contribution in [3.8, 4) is 0 Å². The summed E-state index contributed by atoms with van der Waals surface area (Å²) in [7, 11) is 0. The second kappa shape index (κ2) is 8.53. The molecule has 0 saturated carbocycles. The highest BCUT2D eigenvalue weighted by Gasteiger charge is 2.22. The van der Waals surface area contributed by atoms with Crippen LogP contribution in [-0.4, -0.2) is 16.9 Å². The standard InChI is InChI=1S/C23H19ClN2O4S/c1-13-6-4-7-17(10-13)26(15(3)27)23-25-16(12-31-23)11-29-22(28)20-14(2)18-8-5-9-19(24)21(18)30-20/h4-10,12H,11H2,1-3H3. The van der Waals surface area contributed by atoms with Gasteiger partial charge in [-0.05, 0) is 37.6 Å². The molecule has 0 aliphatic rings. The van der Waals surface area contributed by atoms with Gasteiger partial charge in [0.25, 0.3) is 0 Å². The molecule has 0 fully saturated rings. The lowest BCUT2D eigenvalue weighted by Gasteiger charge is -2.18. The lowest BCUT2D eigenvalue weighted by molar-refractivity contribution is -0.115. The minimum atomic E-state index is -0.596. The van der Waals surface area contributed by atoms with E-state index in [4.69, 9.17) is 20.8 Å². The first-order valence-corrected chi connectivity index (χ1v) is 10.8. The predicted molar refractivity (Wildman–Crippen MR) is 121 cm³/mol. The number of nitrogens with zero attached hydrogens (tertiary/aromatic N) is 2. The van der Waals surface area contributed by atoms with Gasteiger partial charge in [-0.15, -0.1) is 11.3 Å². The molecule has 1 amide bonds. The summed E-state index contributed by atoms with van der Waals surface area (Å²) < 4.78 is 11.1. The van der Waals surface area contributed by atoms with Crippen molar-refractivity contribution < 1.29 is 18.7 Å². The number of hydrogen-bond acceptors (Lipinski definition) is 6. The number of fused-ring (bicyclic) bond motifs is 1. The van der Waals surface area contributed by atoms with Gasteiger partial charge in [-0.3, -0.25) is 9.69 Å². The molecule has 0 aliphatic heterocycles. The molecule has 4 rings (SSSR count). The van der Waals surface area contributed by atoms with E-state index in [0.29, 0.717) is 27.0 Å². The van der Waals surface area contributed by atoms with Crippen molar-refractivity contribution in [2.45, 2.75) is 27.4 Å². The van der Waals surface area contributed by atoms with Gasteiger partial charge in [0, 0.05) is 23.3 Å². The Labute approximate surface area is 188 Å². The van der Waals surface area contributed by atoms with Crippen LogP contribution in [0.3, 0.4) is 0 Å². The smallest absolute Gasteiger partial charge is 0.374 e. The molecule has 158 valence electrons. The van der Waals surface area contributed by atoms with E-state index in [1.807, 2.05) is 37.3 Å². The van der Waals surface area contributed by atoms with Gasteiger partial charge in [0.2, 0.25) is 11.7 Å². The van der Waals surface area contributed by atoms with E-state index >= 15 is 0 Å². The summed E-state index contributed by atoms with van der Waals surface area (Å²) in [4.78, 5) is 30.8. The van der Waals surface area contributed by atoms with Gasteiger partial charge in [0.05, 0.1) is 16.4 Å². The zero-order valence-electron chi connectivity index (χ0n) is 17.1. The maximum absolute atomic E-state index is 12.6. The molecule has 0 unspecified atom stereocenters. The highest BCUT2D eigenvalue weighted by Crippen LogP contribution is 2.32. The summed E-state index contributed by atoms with van der Waals surface area (Å²) in [6, 6.07) is 13.0. The highest BCUT2D eigenvalue weighted by atomic mass is 35.5. The summed E-state index contributed by atoms with van der Waals surface area (Å²) in [6.07, 6.45) is 0. The third-order valence-electron chi connectivity index (χ3n) is 4.76. The number of carbonyl (C=O) groups excluding carboxylic acids is 2. The fourth-order valence-electron chi connectivity index (χ4n) is 3.27. The number of esters is 1. The number of para-hydroxylation sites is 1. The minimum Gasteiger partial charge on any atom is -0.453 e. The molecule has 0 N–H and O–H groups in total. The Morgan fingerprint density at radius 1 is 1.19 bits per heavy atom. The number of aryl methyl sites for hydroxylation is 2. The number of furan rings is 1. The maximum atomic E-state index is 12.6. The second-order valence-electron chi connectivity index (χ2n) is 7.06. The molecular weight excluding hydrogens is 436 g/mol. The van der Waals surface area contributed by atoms with Gasteiger partial charge in [-0.25, -0.2) is 9.78 Å². The number of halogens is 1. The fraction of sp³-hybridized carbons (Fsp3) is 0.174. The number of aromatic nitrogens is 1. The van der Waals surface area contributed by atoms with Crippen molar-refractivity contribution in [3.05, 3.63) is 75.4 Å². The normalized spacial score (nSPS) is 11.0. The second-order valence-corrected chi connectivity index (χ2v) is 8.31. The molecule has 31 heavy (non-hydrogen) atoms. The Bertz CT molecular complexity index is 1290. The minimum absolute atomic E-state index is 0.0425. The average Bonchev–Trinajstić information content (AvgIpc) is 3.32. The first-order valence-electron chi connectivity index (χ1n) is 9.51. The van der Waals surface area contributed by atoms with Crippen LogP contribution in [0.15, 0.2) is 52.3 Å². The van der Waals surface area contributed by atoms with E-state index in [0.717, 1.165) is 16.6 Å². The lowest BCUT2D eigenvalue weighted by Crippen LogP contribution is -2.22. The molecule has 0 saturated heterocycles. The van der Waals surface area contributed by atoms with E-state index in [9.17, 15) is 9.59 Å². The molecule has 0 atom stereocenters. The van der Waals surface area contributed by atoms with Gasteiger partial charge < -0.3 is 9.15 Å². The molecule has 0 bridgehead atoms. The molecule has 0 radical (unpaired) electrons. The first-order chi connectivity index (χ1) is 14.8. The van der Waals surface area contributed by atoms with Crippen LogP contribution in [0.25, 0.3) is 11.0 Å². The van der Waals surface area contributed by atoms with Crippen molar-refractivity contribution in [1.82, 2.24) is 4.98 Å². The third kappa shape index (κ3) is 4.19. The van der Waals surface area contributed by atoms with E-state index in [1.54, 1.807) is 24.4 Å². The number of ether oxygens (including phenoxy) is 1. The number of thiazole rings is 1. The van der Waals surface area contributed by atoms with E-state index in [-0.39, 0.29) is 18.3 Å². The number of anilines is 2. The van der Waals surface area contributed by atoms with Crippen molar-refractivity contribution >= 4 is 56.6 Å². The van der Waals surface area contributed by atoms with Crippen LogP contribution >= 0.6 is 22.9 Å². The van der Waals surface area contributed by atoms with Crippen LogP contribution in [0.5, 0.6) is 0 Å². The quantitative estimate of drug-likeness (QED) is 0.335. The number of benzene rings is 2. The summed E-state index contributed by atoms with van der Waals surface area (Å²) in [5.74, 6) is -0.636. The van der Waals surface area contributed by atoms with E-state index in [1.165, 1.54) is 23.2 Å². The topological polar surface area (TPSA) is 72.6 Å². The summed E-state index contributed by atoms with van der Waals surface area (Å²) in [5, 5.41) is 3.47.